The lowest BCUT2D eigenvalue weighted by molar-refractivity contribution is -0.155. The Morgan fingerprint density at radius 2 is 1.78 bits per heavy atom. The van der Waals surface area contributed by atoms with Gasteiger partial charge in [0.05, 0.1) is 30.4 Å². The molecule has 0 radical (unpaired) electrons. The Labute approximate surface area is 316 Å². The summed E-state index contributed by atoms with van der Waals surface area (Å²) in [5.41, 5.74) is 1.84. The zero-order valence-corrected chi connectivity index (χ0v) is 31.5. The van der Waals surface area contributed by atoms with Gasteiger partial charge in [0.1, 0.15) is 36.7 Å². The molecule has 8 atom stereocenters. The molecular weight excluding hydrogens is 692 g/mol. The minimum absolute atomic E-state index is 0.00299. The van der Waals surface area contributed by atoms with Crippen LogP contribution in [0.5, 0.6) is 0 Å². The Bertz CT molecular complexity index is 1700. The number of rotatable bonds is 14. The molecule has 0 bridgehead atoms. The van der Waals surface area contributed by atoms with Crippen molar-refractivity contribution in [3.63, 3.8) is 0 Å². The minimum Gasteiger partial charge on any atom is -0.460 e. The molecule has 6 rings (SSSR count). The molecule has 4 aliphatic rings. The summed E-state index contributed by atoms with van der Waals surface area (Å²) in [6.07, 6.45) is 8.50. The van der Waals surface area contributed by atoms with Gasteiger partial charge >= 0.3 is 11.9 Å². The lowest BCUT2D eigenvalue weighted by Crippen LogP contribution is -2.53. The molecule has 54 heavy (non-hydrogen) atoms. The first kappa shape index (κ1) is 39.3. The number of aliphatic hydroxyl groups is 1. The molecule has 290 valence electrons. The van der Waals surface area contributed by atoms with E-state index in [9.17, 15) is 24.3 Å². The summed E-state index contributed by atoms with van der Waals surface area (Å²) >= 11 is 0. The van der Waals surface area contributed by atoms with Crippen molar-refractivity contribution in [3.05, 3.63) is 89.0 Å². The number of hydrogen-bond acceptors (Lipinski definition) is 10. The second-order valence-corrected chi connectivity index (χ2v) is 15.6. The van der Waals surface area contributed by atoms with E-state index in [1.165, 1.54) is 4.90 Å². The van der Waals surface area contributed by atoms with Crippen LogP contribution in [0.4, 0.5) is 0 Å². The summed E-state index contributed by atoms with van der Waals surface area (Å²) in [5.74, 6) is -1.41. The third-order valence-corrected chi connectivity index (χ3v) is 10.3. The zero-order valence-electron chi connectivity index (χ0n) is 31.5. The Morgan fingerprint density at radius 3 is 2.48 bits per heavy atom. The van der Waals surface area contributed by atoms with Crippen molar-refractivity contribution in [2.75, 3.05) is 20.4 Å². The number of fused-ring (bicyclic) bond motifs is 2. The normalized spacial score (nSPS) is 25.8. The van der Waals surface area contributed by atoms with Crippen LogP contribution in [0.2, 0.25) is 0 Å². The highest BCUT2D eigenvalue weighted by atomic mass is 16.7. The summed E-state index contributed by atoms with van der Waals surface area (Å²) in [7, 11) is 1.55. The summed E-state index contributed by atoms with van der Waals surface area (Å²) in [6, 6.07) is 14.8. The summed E-state index contributed by atoms with van der Waals surface area (Å²) < 4.78 is 28.6. The topological polar surface area (TPSA) is 153 Å². The van der Waals surface area contributed by atoms with E-state index in [0.717, 1.165) is 30.4 Å². The Morgan fingerprint density at radius 1 is 1.02 bits per heavy atom. The predicted octanol–water partition coefficient (Wildman–Crippen LogP) is 4.53. The lowest BCUT2D eigenvalue weighted by atomic mass is 9.89. The standard InChI is InChI=1S/C42H52N2O10/c1-42(2,3)54-37(46)19-17-31(24-45)43-39(47)32(20-27-8-6-5-7-9-27)44(4)40(48)30-22-35-38(51-25-50-35)36(23-30)53-41(49)29-15-12-26(13-16-29)10-11-28-14-18-33-34(21-28)52-33/h5-13,15-16,22,28,31-36,38,45H,14,17-21,23-25H2,1-4H3,(H,43,47)/t28?,31-,32+,33?,34?,35+,36+,38+/m0/s1. The molecule has 0 spiro atoms. The van der Waals surface area contributed by atoms with E-state index in [0.29, 0.717) is 29.3 Å². The van der Waals surface area contributed by atoms with E-state index in [1.54, 1.807) is 46.0 Å². The third kappa shape index (κ3) is 10.4. The Kier molecular flexibility index (Phi) is 12.7. The van der Waals surface area contributed by atoms with Gasteiger partial charge in [-0.15, -0.1) is 0 Å². The first-order valence-corrected chi connectivity index (χ1v) is 18.9. The van der Waals surface area contributed by atoms with Crippen LogP contribution in [0.3, 0.4) is 0 Å². The highest BCUT2D eigenvalue weighted by molar-refractivity contribution is 5.97. The van der Waals surface area contributed by atoms with Crippen molar-refractivity contribution in [1.82, 2.24) is 10.2 Å². The van der Waals surface area contributed by atoms with E-state index in [1.807, 2.05) is 42.5 Å². The third-order valence-electron chi connectivity index (χ3n) is 10.3. The number of carbonyl (C=O) groups excluding carboxylic acids is 4. The van der Waals surface area contributed by atoms with E-state index in [2.05, 4.69) is 17.5 Å². The van der Waals surface area contributed by atoms with Crippen LogP contribution in [0, 0.1) is 5.92 Å². The number of nitrogens with one attached hydrogen (secondary N) is 1. The molecule has 3 fully saturated rings. The number of esters is 2. The minimum atomic E-state index is -0.972. The largest absolute Gasteiger partial charge is 0.460 e. The molecule has 0 aromatic heterocycles. The first-order chi connectivity index (χ1) is 25.9. The van der Waals surface area contributed by atoms with Crippen LogP contribution in [0.15, 0.2) is 72.3 Å². The molecule has 2 aromatic carbocycles. The van der Waals surface area contributed by atoms with Gasteiger partial charge in [0.25, 0.3) is 0 Å². The van der Waals surface area contributed by atoms with Crippen molar-refractivity contribution < 1.29 is 48.0 Å². The van der Waals surface area contributed by atoms with Crippen LogP contribution in [0.1, 0.15) is 80.8 Å². The maximum atomic E-state index is 14.2. The maximum absolute atomic E-state index is 14.2. The molecule has 3 unspecified atom stereocenters. The van der Waals surface area contributed by atoms with Crippen LogP contribution in [-0.4, -0.2) is 102 Å². The van der Waals surface area contributed by atoms with Gasteiger partial charge in [-0.3, -0.25) is 14.4 Å². The second kappa shape index (κ2) is 17.4. The average molecular weight is 745 g/mol. The van der Waals surface area contributed by atoms with Gasteiger partial charge in [0, 0.05) is 31.9 Å². The molecule has 2 amide bonds. The van der Waals surface area contributed by atoms with Gasteiger partial charge in [-0.25, -0.2) is 4.79 Å². The molecular formula is C42H52N2O10. The average Bonchev–Trinajstić information content (AvgIpc) is 3.77. The highest BCUT2D eigenvalue weighted by Crippen LogP contribution is 2.40. The van der Waals surface area contributed by atoms with Crippen LogP contribution in [-0.2, 0) is 44.5 Å². The number of aliphatic hydroxyl groups excluding tert-OH is 1. The number of allylic oxidation sites excluding steroid dienone is 1. The Balaban J connectivity index is 1.11. The van der Waals surface area contributed by atoms with Crippen molar-refractivity contribution in [2.45, 2.75) is 114 Å². The number of likely N-dealkylation sites (N-methyl/N-ethyl adjacent to an activating group) is 1. The summed E-state index contributed by atoms with van der Waals surface area (Å²) in [6.45, 7) is 4.89. The molecule has 1 saturated carbocycles. The fraction of sp³-hybridized carbons (Fsp3) is 0.524. The predicted molar refractivity (Wildman–Crippen MR) is 199 cm³/mol. The quantitative estimate of drug-likeness (QED) is 0.209. The molecule has 12 heteroatoms. The molecule has 2 saturated heterocycles. The van der Waals surface area contributed by atoms with Crippen LogP contribution in [0.25, 0.3) is 6.08 Å². The smallest absolute Gasteiger partial charge is 0.338 e. The van der Waals surface area contributed by atoms with Gasteiger partial charge in [-0.1, -0.05) is 54.6 Å². The van der Waals surface area contributed by atoms with Gasteiger partial charge in [0.15, 0.2) is 0 Å². The first-order valence-electron chi connectivity index (χ1n) is 18.9. The summed E-state index contributed by atoms with van der Waals surface area (Å²) in [4.78, 5) is 55.1. The number of benzene rings is 2. The maximum Gasteiger partial charge on any atom is 0.338 e. The molecule has 2 aliphatic heterocycles. The zero-order chi connectivity index (χ0) is 38.4. The summed E-state index contributed by atoms with van der Waals surface area (Å²) in [5, 5.41) is 12.9. The van der Waals surface area contributed by atoms with Gasteiger partial charge < -0.3 is 39.0 Å². The van der Waals surface area contributed by atoms with Gasteiger partial charge in [0.2, 0.25) is 11.8 Å². The van der Waals surface area contributed by atoms with Crippen molar-refractivity contribution in [3.8, 4) is 0 Å². The number of hydrogen-bond donors (Lipinski definition) is 2. The lowest BCUT2D eigenvalue weighted by Gasteiger charge is -2.34. The Hall–Kier alpha value is -4.36. The monoisotopic (exact) mass is 744 g/mol. The molecule has 12 nitrogen and oxygen atoms in total. The second-order valence-electron chi connectivity index (χ2n) is 15.6. The molecule has 2 N–H and O–H groups in total. The number of amides is 2. The highest BCUT2D eigenvalue weighted by Gasteiger charge is 2.44. The number of nitrogens with zero attached hydrogens (tertiary/aromatic N) is 1. The fourth-order valence-corrected chi connectivity index (χ4v) is 7.31. The van der Waals surface area contributed by atoms with Gasteiger partial charge in [-0.05, 0) is 81.7 Å². The van der Waals surface area contributed by atoms with Crippen molar-refractivity contribution in [2.24, 2.45) is 5.92 Å². The van der Waals surface area contributed by atoms with E-state index < -0.39 is 66.4 Å². The SMILES string of the molecule is CN(C(=O)C1=C[C@H]2OCO[C@H]2[C@H](OC(=O)c2ccc(C=CC3CCC4OC4C3)cc2)C1)[C@H](Cc1ccccc1)C(=O)N[C@H](CO)CCC(=O)OC(C)(C)C. The fourth-order valence-electron chi connectivity index (χ4n) is 7.31. The van der Waals surface area contributed by atoms with Crippen molar-refractivity contribution in [1.29, 1.82) is 0 Å². The van der Waals surface area contributed by atoms with E-state index in [4.69, 9.17) is 23.7 Å². The van der Waals surface area contributed by atoms with Gasteiger partial charge in [-0.2, -0.15) is 0 Å². The van der Waals surface area contributed by atoms with E-state index >= 15 is 0 Å². The number of epoxide rings is 1. The molecule has 2 aliphatic carbocycles. The van der Waals surface area contributed by atoms with E-state index in [-0.39, 0.29) is 32.5 Å². The number of ether oxygens (including phenoxy) is 5. The molecule has 2 aromatic rings. The van der Waals surface area contributed by atoms with Crippen molar-refractivity contribution >= 4 is 29.8 Å². The van der Waals surface area contributed by atoms with Crippen LogP contribution < -0.4 is 5.32 Å². The van der Waals surface area contributed by atoms with Crippen LogP contribution >= 0.6 is 0 Å². The molecule has 2 heterocycles. The number of carbonyl (C=O) groups is 4.